The molecule has 0 spiro atoms. The fraction of sp³-hybridized carbons (Fsp3) is 0.250. The number of aryl methyl sites for hydroxylation is 3. The molecule has 0 saturated carbocycles. The lowest BCUT2D eigenvalue weighted by Crippen LogP contribution is -2.46. The van der Waals surface area contributed by atoms with E-state index in [4.69, 9.17) is 9.51 Å². The molecular weight excluding hydrogens is 456 g/mol. The molecule has 0 aliphatic carbocycles. The standard InChI is InChI=1S/C28H28N4O2S/c1-17-7-5-8-22(15-17)26-30-27(34-31-26)24-20(4)32(13-12-23-9-6-14-35-23)28(33)29-25(24)21-11-10-18(2)19(3)16-21/h5-11,14-16,25H,12-13H2,1-4H3,(H,29,33). The molecule has 2 aromatic carbocycles. The minimum atomic E-state index is -0.384. The fourth-order valence-corrected chi connectivity index (χ4v) is 5.13. The second kappa shape index (κ2) is 9.50. The number of allylic oxidation sites excluding steroid dienone is 1. The van der Waals surface area contributed by atoms with Gasteiger partial charge in [0, 0.05) is 22.7 Å². The summed E-state index contributed by atoms with van der Waals surface area (Å²) in [6, 6.07) is 17.9. The van der Waals surface area contributed by atoms with Gasteiger partial charge in [-0.25, -0.2) is 4.79 Å². The third kappa shape index (κ3) is 4.64. The summed E-state index contributed by atoms with van der Waals surface area (Å²) in [5.41, 5.74) is 7.04. The van der Waals surface area contributed by atoms with E-state index in [9.17, 15) is 4.79 Å². The van der Waals surface area contributed by atoms with Crippen molar-refractivity contribution in [1.29, 1.82) is 0 Å². The Morgan fingerprint density at radius 2 is 1.89 bits per heavy atom. The van der Waals surface area contributed by atoms with Crippen LogP contribution in [0.15, 0.2) is 70.2 Å². The van der Waals surface area contributed by atoms with Crippen molar-refractivity contribution >= 4 is 22.9 Å². The largest absolute Gasteiger partial charge is 0.334 e. The van der Waals surface area contributed by atoms with Crippen LogP contribution in [-0.4, -0.2) is 27.6 Å². The van der Waals surface area contributed by atoms with E-state index in [1.165, 1.54) is 16.0 Å². The van der Waals surface area contributed by atoms with Gasteiger partial charge in [-0.1, -0.05) is 53.2 Å². The van der Waals surface area contributed by atoms with Crippen LogP contribution in [0.4, 0.5) is 4.79 Å². The van der Waals surface area contributed by atoms with Gasteiger partial charge in [0.25, 0.3) is 5.89 Å². The maximum Gasteiger partial charge on any atom is 0.322 e. The van der Waals surface area contributed by atoms with E-state index in [1.54, 1.807) is 16.2 Å². The molecule has 35 heavy (non-hydrogen) atoms. The first-order valence-electron chi connectivity index (χ1n) is 11.7. The maximum absolute atomic E-state index is 13.3. The lowest BCUT2D eigenvalue weighted by atomic mass is 9.92. The zero-order valence-electron chi connectivity index (χ0n) is 20.3. The average molecular weight is 485 g/mol. The van der Waals surface area contributed by atoms with Crippen molar-refractivity contribution in [3.63, 3.8) is 0 Å². The Kier molecular flexibility index (Phi) is 6.26. The van der Waals surface area contributed by atoms with Gasteiger partial charge >= 0.3 is 6.03 Å². The van der Waals surface area contributed by atoms with Gasteiger partial charge in [-0.3, -0.25) is 4.90 Å². The molecule has 1 N–H and O–H groups in total. The first-order valence-corrected chi connectivity index (χ1v) is 12.6. The third-order valence-corrected chi connectivity index (χ3v) is 7.49. The Balaban J connectivity index is 1.57. The van der Waals surface area contributed by atoms with E-state index in [0.717, 1.165) is 34.4 Å². The predicted molar refractivity (Wildman–Crippen MR) is 139 cm³/mol. The van der Waals surface area contributed by atoms with Gasteiger partial charge in [-0.15, -0.1) is 11.3 Å². The SMILES string of the molecule is CC1=C(c2nc(-c3cccc(C)c3)no2)C(c2ccc(C)c(C)c2)NC(=O)N1CCc1cccs1. The Bertz CT molecular complexity index is 1400. The van der Waals surface area contributed by atoms with Gasteiger partial charge in [0.2, 0.25) is 5.82 Å². The second-order valence-corrected chi connectivity index (χ2v) is 10.0. The van der Waals surface area contributed by atoms with Crippen molar-refractivity contribution in [1.82, 2.24) is 20.4 Å². The van der Waals surface area contributed by atoms with E-state index < -0.39 is 0 Å². The quantitative estimate of drug-likeness (QED) is 0.341. The smallest absolute Gasteiger partial charge is 0.322 e. The van der Waals surface area contributed by atoms with Crippen LogP contribution in [0.3, 0.4) is 0 Å². The molecule has 2 amide bonds. The Morgan fingerprint density at radius 3 is 2.63 bits per heavy atom. The van der Waals surface area contributed by atoms with Gasteiger partial charge in [-0.2, -0.15) is 4.98 Å². The number of thiophene rings is 1. The predicted octanol–water partition coefficient (Wildman–Crippen LogP) is 6.46. The highest BCUT2D eigenvalue weighted by atomic mass is 32.1. The summed E-state index contributed by atoms with van der Waals surface area (Å²) in [6.45, 7) is 8.73. The fourth-order valence-electron chi connectivity index (χ4n) is 4.43. The summed E-state index contributed by atoms with van der Waals surface area (Å²) in [5, 5.41) is 9.54. The van der Waals surface area contributed by atoms with Crippen molar-refractivity contribution in [3.8, 4) is 11.4 Å². The van der Waals surface area contributed by atoms with Crippen LogP contribution in [0.25, 0.3) is 17.0 Å². The van der Waals surface area contributed by atoms with Crippen LogP contribution in [0.5, 0.6) is 0 Å². The van der Waals surface area contributed by atoms with Gasteiger partial charge < -0.3 is 9.84 Å². The molecule has 1 aliphatic rings. The summed E-state index contributed by atoms with van der Waals surface area (Å²) in [5.74, 6) is 0.952. The molecule has 1 unspecified atom stereocenters. The molecule has 2 aromatic heterocycles. The molecule has 0 radical (unpaired) electrons. The number of carbonyl (C=O) groups excluding carboxylic acids is 1. The molecule has 7 heteroatoms. The van der Waals surface area contributed by atoms with E-state index in [0.29, 0.717) is 18.3 Å². The van der Waals surface area contributed by atoms with Gasteiger partial charge in [0.15, 0.2) is 0 Å². The monoisotopic (exact) mass is 484 g/mol. The summed E-state index contributed by atoms with van der Waals surface area (Å²) < 4.78 is 5.81. The average Bonchev–Trinajstić information content (AvgIpc) is 3.53. The molecular formula is C28H28N4O2S. The van der Waals surface area contributed by atoms with Crippen molar-refractivity contribution in [2.45, 2.75) is 40.2 Å². The number of amides is 2. The highest BCUT2D eigenvalue weighted by molar-refractivity contribution is 7.09. The summed E-state index contributed by atoms with van der Waals surface area (Å²) in [4.78, 5) is 21.0. The number of aromatic nitrogens is 2. The first-order chi connectivity index (χ1) is 16.9. The highest BCUT2D eigenvalue weighted by Gasteiger charge is 2.35. The number of rotatable bonds is 6. The zero-order chi connectivity index (χ0) is 24.5. The maximum atomic E-state index is 13.3. The molecule has 0 bridgehead atoms. The third-order valence-electron chi connectivity index (χ3n) is 6.56. The molecule has 1 aliphatic heterocycles. The van der Waals surface area contributed by atoms with E-state index in [1.807, 2.05) is 44.2 Å². The summed E-state index contributed by atoms with van der Waals surface area (Å²) in [7, 11) is 0. The lowest BCUT2D eigenvalue weighted by molar-refractivity contribution is 0.205. The molecule has 1 atom stereocenters. The molecule has 0 fully saturated rings. The topological polar surface area (TPSA) is 71.3 Å². The Morgan fingerprint density at radius 1 is 1.03 bits per heavy atom. The molecule has 5 rings (SSSR count). The number of nitrogens with one attached hydrogen (secondary N) is 1. The summed E-state index contributed by atoms with van der Waals surface area (Å²) >= 11 is 1.70. The van der Waals surface area contributed by atoms with Crippen molar-refractivity contribution in [3.05, 3.63) is 98.7 Å². The van der Waals surface area contributed by atoms with Crippen LogP contribution in [0.2, 0.25) is 0 Å². The zero-order valence-corrected chi connectivity index (χ0v) is 21.1. The minimum Gasteiger partial charge on any atom is -0.334 e. The number of hydrogen-bond donors (Lipinski definition) is 1. The van der Waals surface area contributed by atoms with Crippen molar-refractivity contribution < 1.29 is 9.32 Å². The van der Waals surface area contributed by atoms with E-state index >= 15 is 0 Å². The second-order valence-electron chi connectivity index (χ2n) is 9.00. The molecule has 0 saturated heterocycles. The lowest BCUT2D eigenvalue weighted by Gasteiger charge is -2.35. The first kappa shape index (κ1) is 23.1. The van der Waals surface area contributed by atoms with Gasteiger partial charge in [-0.05, 0) is 68.3 Å². The van der Waals surface area contributed by atoms with Gasteiger partial charge in [0.1, 0.15) is 0 Å². The number of hydrogen-bond acceptors (Lipinski definition) is 5. The minimum absolute atomic E-state index is 0.121. The van der Waals surface area contributed by atoms with Gasteiger partial charge in [0.05, 0.1) is 11.6 Å². The van der Waals surface area contributed by atoms with Crippen LogP contribution in [0, 0.1) is 20.8 Å². The number of benzene rings is 2. The Labute approximate surface area is 209 Å². The number of urea groups is 1. The van der Waals surface area contributed by atoms with Crippen LogP contribution >= 0.6 is 11.3 Å². The van der Waals surface area contributed by atoms with Crippen LogP contribution in [0.1, 0.15) is 46.0 Å². The number of carbonyl (C=O) groups is 1. The molecule has 178 valence electrons. The summed E-state index contributed by atoms with van der Waals surface area (Å²) in [6.07, 6.45) is 0.780. The number of nitrogens with zero attached hydrogens (tertiary/aromatic N) is 3. The van der Waals surface area contributed by atoms with E-state index in [-0.39, 0.29) is 12.1 Å². The molecule has 3 heterocycles. The normalized spacial score (nSPS) is 16.1. The van der Waals surface area contributed by atoms with Crippen molar-refractivity contribution in [2.24, 2.45) is 0 Å². The van der Waals surface area contributed by atoms with Crippen LogP contribution < -0.4 is 5.32 Å². The highest BCUT2D eigenvalue weighted by Crippen LogP contribution is 2.38. The Hall–Kier alpha value is -3.71. The molecule has 4 aromatic rings. The van der Waals surface area contributed by atoms with E-state index in [2.05, 4.69) is 54.0 Å². The molecule has 6 nitrogen and oxygen atoms in total. The van der Waals surface area contributed by atoms with Crippen molar-refractivity contribution in [2.75, 3.05) is 6.54 Å². The van der Waals surface area contributed by atoms with Crippen LogP contribution in [-0.2, 0) is 6.42 Å².